The summed E-state index contributed by atoms with van der Waals surface area (Å²) < 4.78 is 32.6. The van der Waals surface area contributed by atoms with E-state index in [9.17, 15) is 19.0 Å². The highest BCUT2D eigenvalue weighted by Crippen LogP contribution is 2.43. The van der Waals surface area contributed by atoms with Crippen LogP contribution in [0.3, 0.4) is 0 Å². The van der Waals surface area contributed by atoms with E-state index in [4.69, 9.17) is 18.5 Å². The van der Waals surface area contributed by atoms with Crippen LogP contribution in [0.2, 0.25) is 0 Å². The van der Waals surface area contributed by atoms with Crippen molar-refractivity contribution >= 4 is 19.8 Å². The van der Waals surface area contributed by atoms with Crippen molar-refractivity contribution in [2.75, 3.05) is 19.8 Å². The summed E-state index contributed by atoms with van der Waals surface area (Å²) in [4.78, 5) is 34.8. The Labute approximate surface area is 343 Å². The molecule has 56 heavy (non-hydrogen) atoms. The highest BCUT2D eigenvalue weighted by Gasteiger charge is 2.25. The summed E-state index contributed by atoms with van der Waals surface area (Å²) >= 11 is 0. The lowest BCUT2D eigenvalue weighted by atomic mass is 10.1. The van der Waals surface area contributed by atoms with E-state index in [1.165, 1.54) is 103 Å². The fourth-order valence-electron chi connectivity index (χ4n) is 6.03. The van der Waals surface area contributed by atoms with Gasteiger partial charge in [0, 0.05) is 12.8 Å². The zero-order valence-corrected chi connectivity index (χ0v) is 36.9. The van der Waals surface area contributed by atoms with Crippen LogP contribution in [0.15, 0.2) is 60.8 Å². The van der Waals surface area contributed by atoms with Crippen LogP contribution in [0.5, 0.6) is 0 Å². The Bertz CT molecular complexity index is 1100. The summed E-state index contributed by atoms with van der Waals surface area (Å²) in [7, 11) is -4.29. The predicted molar refractivity (Wildman–Crippen MR) is 235 cm³/mol. The normalized spacial score (nSPS) is 13.9. The fraction of sp³-hybridized carbons (Fsp3) is 0.745. The summed E-state index contributed by atoms with van der Waals surface area (Å²) in [6.07, 6.45) is 51.4. The van der Waals surface area contributed by atoms with Crippen molar-refractivity contribution in [2.24, 2.45) is 0 Å². The van der Waals surface area contributed by atoms with Crippen molar-refractivity contribution in [3.05, 3.63) is 60.8 Å². The molecule has 9 heteroatoms. The molecular weight excluding hydrogens is 723 g/mol. The minimum atomic E-state index is -4.29. The number of unbranched alkanes of at least 4 members (excludes halogenated alkanes) is 19. The van der Waals surface area contributed by atoms with Crippen LogP contribution in [-0.4, -0.2) is 42.8 Å². The molecule has 0 fully saturated rings. The second kappa shape index (κ2) is 42.4. The molecule has 0 aliphatic carbocycles. The van der Waals surface area contributed by atoms with E-state index in [-0.39, 0.29) is 32.0 Å². The van der Waals surface area contributed by atoms with Crippen LogP contribution in [-0.2, 0) is 32.7 Å². The number of hydrogen-bond acceptors (Lipinski definition) is 7. The maximum absolute atomic E-state index is 12.5. The van der Waals surface area contributed by atoms with Crippen LogP contribution in [0.25, 0.3) is 0 Å². The predicted octanol–water partition coefficient (Wildman–Crippen LogP) is 14.3. The van der Waals surface area contributed by atoms with Crippen LogP contribution < -0.4 is 0 Å². The monoisotopic (exact) mass is 807 g/mol. The van der Waals surface area contributed by atoms with Crippen molar-refractivity contribution in [3.63, 3.8) is 0 Å². The minimum absolute atomic E-state index is 0.0101. The summed E-state index contributed by atoms with van der Waals surface area (Å²) in [6, 6.07) is 0. The molecule has 0 aromatic heterocycles. The average Bonchev–Trinajstić information content (AvgIpc) is 3.18. The summed E-state index contributed by atoms with van der Waals surface area (Å²) in [5, 5.41) is 0. The number of allylic oxidation sites excluding steroid dienone is 10. The quantitative estimate of drug-likeness (QED) is 0.0282. The Morgan fingerprint density at radius 2 is 0.911 bits per heavy atom. The van der Waals surface area contributed by atoms with Gasteiger partial charge in [-0.2, -0.15) is 0 Å². The van der Waals surface area contributed by atoms with E-state index in [1.54, 1.807) is 6.92 Å². The van der Waals surface area contributed by atoms with E-state index in [0.29, 0.717) is 6.42 Å². The molecule has 1 N–H and O–H groups in total. The van der Waals surface area contributed by atoms with Crippen LogP contribution in [0.4, 0.5) is 0 Å². The maximum atomic E-state index is 12.5. The zero-order chi connectivity index (χ0) is 41.1. The number of phosphoric ester groups is 1. The number of carbonyl (C=O) groups is 2. The van der Waals surface area contributed by atoms with E-state index in [2.05, 4.69) is 74.6 Å². The zero-order valence-electron chi connectivity index (χ0n) is 36.0. The van der Waals surface area contributed by atoms with Gasteiger partial charge in [-0.25, -0.2) is 4.57 Å². The lowest BCUT2D eigenvalue weighted by Gasteiger charge is -2.19. The van der Waals surface area contributed by atoms with Gasteiger partial charge in [-0.1, -0.05) is 164 Å². The van der Waals surface area contributed by atoms with E-state index in [0.717, 1.165) is 57.8 Å². The Balaban J connectivity index is 4.08. The molecule has 0 amide bonds. The lowest BCUT2D eigenvalue weighted by molar-refractivity contribution is -0.161. The van der Waals surface area contributed by atoms with Crippen molar-refractivity contribution in [1.82, 2.24) is 0 Å². The molecule has 0 spiro atoms. The van der Waals surface area contributed by atoms with Gasteiger partial charge in [0.25, 0.3) is 0 Å². The van der Waals surface area contributed by atoms with Crippen molar-refractivity contribution < 1.29 is 37.6 Å². The molecule has 0 aliphatic heterocycles. The molecule has 0 saturated heterocycles. The SMILES string of the molecule is CC/C=C\C/C=C\C/C=C\C/C=C\CCCCC(=O)OC(COC(=O)CCCCCCCCCCC/C=C\CCCCCCCCCC)COP(=O)(O)OCC. The first-order valence-corrected chi connectivity index (χ1v) is 24.1. The third-order valence-corrected chi connectivity index (χ3v) is 10.4. The molecule has 0 heterocycles. The van der Waals surface area contributed by atoms with Crippen molar-refractivity contribution in [1.29, 1.82) is 0 Å². The Hall–Kier alpha value is -2.25. The first kappa shape index (κ1) is 53.8. The molecule has 0 aromatic rings. The molecule has 0 saturated carbocycles. The number of rotatable bonds is 41. The molecule has 0 radical (unpaired) electrons. The maximum Gasteiger partial charge on any atom is 0.472 e. The van der Waals surface area contributed by atoms with Gasteiger partial charge in [0.15, 0.2) is 6.10 Å². The largest absolute Gasteiger partial charge is 0.472 e. The number of ether oxygens (including phenoxy) is 2. The average molecular weight is 807 g/mol. The Kier molecular flexibility index (Phi) is 40.7. The molecule has 0 bridgehead atoms. The van der Waals surface area contributed by atoms with Crippen LogP contribution >= 0.6 is 7.82 Å². The molecular formula is C47H83O8P. The first-order valence-electron chi connectivity index (χ1n) is 22.6. The molecule has 0 aromatic carbocycles. The molecule has 324 valence electrons. The number of carbonyl (C=O) groups excluding carboxylic acids is 2. The summed E-state index contributed by atoms with van der Waals surface area (Å²) in [6.45, 7) is 5.31. The van der Waals surface area contributed by atoms with Gasteiger partial charge in [0.2, 0.25) is 0 Å². The fourth-order valence-corrected chi connectivity index (χ4v) is 6.78. The molecule has 2 atom stereocenters. The smallest absolute Gasteiger partial charge is 0.462 e. The van der Waals surface area contributed by atoms with Gasteiger partial charge < -0.3 is 14.4 Å². The molecule has 8 nitrogen and oxygen atoms in total. The molecule has 0 aliphatic rings. The van der Waals surface area contributed by atoms with E-state index in [1.807, 2.05) is 0 Å². The highest BCUT2D eigenvalue weighted by molar-refractivity contribution is 7.47. The summed E-state index contributed by atoms with van der Waals surface area (Å²) in [5.74, 6) is -0.849. The second-order valence-corrected chi connectivity index (χ2v) is 16.1. The number of phosphoric acid groups is 1. The van der Waals surface area contributed by atoms with Gasteiger partial charge in [-0.15, -0.1) is 0 Å². The Morgan fingerprint density at radius 1 is 0.500 bits per heavy atom. The number of hydrogen-bond donors (Lipinski definition) is 1. The van der Waals surface area contributed by atoms with Crippen molar-refractivity contribution in [2.45, 2.75) is 207 Å². The highest BCUT2D eigenvalue weighted by atomic mass is 31.2. The van der Waals surface area contributed by atoms with Gasteiger partial charge >= 0.3 is 19.8 Å². The van der Waals surface area contributed by atoms with Gasteiger partial charge in [-0.3, -0.25) is 18.6 Å². The number of esters is 2. The van der Waals surface area contributed by atoms with Crippen molar-refractivity contribution in [3.8, 4) is 0 Å². The molecule has 2 unspecified atom stereocenters. The Morgan fingerprint density at radius 3 is 1.43 bits per heavy atom. The third kappa shape index (κ3) is 41.4. The second-order valence-electron chi connectivity index (χ2n) is 14.7. The van der Waals surface area contributed by atoms with Gasteiger partial charge in [-0.05, 0) is 84.0 Å². The lowest BCUT2D eigenvalue weighted by Crippen LogP contribution is -2.29. The van der Waals surface area contributed by atoms with E-state index >= 15 is 0 Å². The third-order valence-electron chi connectivity index (χ3n) is 9.31. The standard InChI is InChI=1S/C47H83O8P/c1-4-7-9-11-13-15-17-19-21-22-23-24-25-26-28-29-31-33-35-37-39-41-46(48)52-43-45(44-54-56(50,51)53-6-3)55-47(49)42-40-38-36-34-32-30-27-20-18-16-14-12-10-8-5-2/h8,10,14,16,20,22-23,27,32,34,45H,4-7,9,11-13,15,17-19,21,24-26,28-31,33,35-44H2,1-3H3,(H,50,51)/b10-8-,16-14-,23-22-,27-20-,34-32-. The summed E-state index contributed by atoms with van der Waals surface area (Å²) in [5.41, 5.74) is 0. The van der Waals surface area contributed by atoms with Gasteiger partial charge in [0.05, 0.1) is 13.2 Å². The van der Waals surface area contributed by atoms with Crippen LogP contribution in [0, 0.1) is 0 Å². The first-order chi connectivity index (χ1) is 27.3. The van der Waals surface area contributed by atoms with Gasteiger partial charge in [0.1, 0.15) is 6.61 Å². The topological polar surface area (TPSA) is 108 Å². The molecule has 0 rings (SSSR count). The van der Waals surface area contributed by atoms with Crippen LogP contribution in [0.1, 0.15) is 201 Å². The van der Waals surface area contributed by atoms with E-state index < -0.39 is 26.5 Å². The minimum Gasteiger partial charge on any atom is -0.462 e.